The molecule has 2 aromatic heterocycles. The lowest BCUT2D eigenvalue weighted by molar-refractivity contribution is -0.144. The fourth-order valence-corrected chi connectivity index (χ4v) is 3.53. The minimum atomic E-state index is -0.991. The first-order valence-electron chi connectivity index (χ1n) is 6.58. The highest BCUT2D eigenvalue weighted by Crippen LogP contribution is 2.27. The molecule has 0 aliphatic carbocycles. The molecule has 0 saturated heterocycles. The lowest BCUT2D eigenvalue weighted by Gasteiger charge is -2.19. The van der Waals surface area contributed by atoms with Crippen LogP contribution in [0.15, 0.2) is 22.9 Å². The number of rotatable bonds is 7. The van der Waals surface area contributed by atoms with Crippen LogP contribution in [-0.4, -0.2) is 40.0 Å². The molecule has 0 radical (unpaired) electrons. The number of carbonyl (C=O) groups excluding carboxylic acids is 1. The van der Waals surface area contributed by atoms with Crippen molar-refractivity contribution in [2.24, 2.45) is 0 Å². The second-order valence-corrected chi connectivity index (χ2v) is 6.31. The number of amides is 1. The van der Waals surface area contributed by atoms with Gasteiger partial charge in [-0.15, -0.1) is 22.7 Å². The number of carboxylic acid groups (broad SMARTS) is 1. The SMILES string of the molecule is CCCN(CC(=O)O)C(=O)Cc1csc(-c2cccs2)n1. The van der Waals surface area contributed by atoms with Crippen LogP contribution in [0.3, 0.4) is 0 Å². The fourth-order valence-electron chi connectivity index (χ4n) is 1.89. The lowest BCUT2D eigenvalue weighted by Crippen LogP contribution is -2.37. The van der Waals surface area contributed by atoms with Gasteiger partial charge in [-0.1, -0.05) is 13.0 Å². The molecule has 1 amide bonds. The topological polar surface area (TPSA) is 70.5 Å². The van der Waals surface area contributed by atoms with Crippen molar-refractivity contribution in [3.05, 3.63) is 28.6 Å². The Morgan fingerprint density at radius 2 is 2.19 bits per heavy atom. The summed E-state index contributed by atoms with van der Waals surface area (Å²) >= 11 is 3.11. The van der Waals surface area contributed by atoms with Gasteiger partial charge in [0.25, 0.3) is 0 Å². The number of hydrogen-bond acceptors (Lipinski definition) is 5. The largest absolute Gasteiger partial charge is 0.480 e. The van der Waals surface area contributed by atoms with Crippen molar-refractivity contribution < 1.29 is 14.7 Å². The summed E-state index contributed by atoms with van der Waals surface area (Å²) in [6, 6.07) is 3.95. The highest BCUT2D eigenvalue weighted by atomic mass is 32.1. The first-order chi connectivity index (χ1) is 10.1. The molecule has 2 rings (SSSR count). The minimum Gasteiger partial charge on any atom is -0.480 e. The Hall–Kier alpha value is -1.73. The number of carboxylic acids is 1. The number of thiophene rings is 1. The molecule has 2 aromatic rings. The van der Waals surface area contributed by atoms with E-state index in [9.17, 15) is 9.59 Å². The molecule has 112 valence electrons. The van der Waals surface area contributed by atoms with Crippen LogP contribution in [0.25, 0.3) is 9.88 Å². The molecule has 0 unspecified atom stereocenters. The zero-order valence-corrected chi connectivity index (χ0v) is 13.2. The highest BCUT2D eigenvalue weighted by molar-refractivity contribution is 7.20. The van der Waals surface area contributed by atoms with Crippen LogP contribution in [0, 0.1) is 0 Å². The Labute approximate surface area is 130 Å². The Kier molecular flexibility index (Phi) is 5.46. The summed E-state index contributed by atoms with van der Waals surface area (Å²) in [5.41, 5.74) is 0.694. The van der Waals surface area contributed by atoms with Gasteiger partial charge in [0.05, 0.1) is 17.0 Å². The molecule has 0 aliphatic rings. The maximum Gasteiger partial charge on any atom is 0.323 e. The summed E-state index contributed by atoms with van der Waals surface area (Å²) in [6.45, 7) is 2.11. The van der Waals surface area contributed by atoms with E-state index in [2.05, 4.69) is 4.98 Å². The van der Waals surface area contributed by atoms with Gasteiger partial charge in [-0.25, -0.2) is 4.98 Å². The van der Waals surface area contributed by atoms with Crippen LogP contribution >= 0.6 is 22.7 Å². The smallest absolute Gasteiger partial charge is 0.323 e. The number of aliphatic carboxylic acids is 1. The molecule has 21 heavy (non-hydrogen) atoms. The van der Waals surface area contributed by atoms with E-state index in [-0.39, 0.29) is 18.9 Å². The van der Waals surface area contributed by atoms with E-state index in [1.165, 1.54) is 16.2 Å². The highest BCUT2D eigenvalue weighted by Gasteiger charge is 2.17. The normalized spacial score (nSPS) is 10.5. The van der Waals surface area contributed by atoms with E-state index in [0.717, 1.165) is 16.3 Å². The van der Waals surface area contributed by atoms with Gasteiger partial charge >= 0.3 is 5.97 Å². The first-order valence-corrected chi connectivity index (χ1v) is 8.34. The van der Waals surface area contributed by atoms with Gasteiger partial charge < -0.3 is 10.0 Å². The van der Waals surface area contributed by atoms with Crippen LogP contribution in [0.5, 0.6) is 0 Å². The van der Waals surface area contributed by atoms with Crippen molar-refractivity contribution in [3.8, 4) is 9.88 Å². The fraction of sp³-hybridized carbons (Fsp3) is 0.357. The van der Waals surface area contributed by atoms with Gasteiger partial charge in [-0.2, -0.15) is 0 Å². The average molecular weight is 324 g/mol. The van der Waals surface area contributed by atoms with Crippen LogP contribution < -0.4 is 0 Å². The van der Waals surface area contributed by atoms with Crippen molar-refractivity contribution in [2.45, 2.75) is 19.8 Å². The molecule has 1 N–H and O–H groups in total. The number of hydrogen-bond donors (Lipinski definition) is 1. The van der Waals surface area contributed by atoms with E-state index < -0.39 is 5.97 Å². The maximum absolute atomic E-state index is 12.2. The van der Waals surface area contributed by atoms with Gasteiger partial charge in [-0.3, -0.25) is 9.59 Å². The molecule has 7 heteroatoms. The summed E-state index contributed by atoms with van der Waals surface area (Å²) in [6.07, 6.45) is 0.881. The summed E-state index contributed by atoms with van der Waals surface area (Å²) in [5, 5.41) is 13.6. The summed E-state index contributed by atoms with van der Waals surface area (Å²) in [4.78, 5) is 29.9. The molecule has 0 atom stereocenters. The molecule has 0 bridgehead atoms. The second-order valence-electron chi connectivity index (χ2n) is 4.51. The van der Waals surface area contributed by atoms with Gasteiger partial charge in [0.1, 0.15) is 11.6 Å². The molecule has 0 fully saturated rings. The Morgan fingerprint density at radius 3 is 2.81 bits per heavy atom. The van der Waals surface area contributed by atoms with Crippen molar-refractivity contribution >= 4 is 34.6 Å². The quantitative estimate of drug-likeness (QED) is 0.850. The number of nitrogens with zero attached hydrogens (tertiary/aromatic N) is 2. The van der Waals surface area contributed by atoms with Crippen LogP contribution in [0.2, 0.25) is 0 Å². The van der Waals surface area contributed by atoms with Crippen molar-refractivity contribution in [3.63, 3.8) is 0 Å². The molecule has 0 spiro atoms. The van der Waals surface area contributed by atoms with E-state index >= 15 is 0 Å². The first kappa shape index (κ1) is 15.7. The van der Waals surface area contributed by atoms with E-state index in [1.807, 2.05) is 29.8 Å². The van der Waals surface area contributed by atoms with E-state index in [4.69, 9.17) is 5.11 Å². The van der Waals surface area contributed by atoms with Gasteiger partial charge in [0.2, 0.25) is 5.91 Å². The third kappa shape index (κ3) is 4.37. The summed E-state index contributed by atoms with van der Waals surface area (Å²) < 4.78 is 0. The van der Waals surface area contributed by atoms with Gasteiger partial charge in [0.15, 0.2) is 0 Å². The molecule has 0 saturated carbocycles. The van der Waals surface area contributed by atoms with E-state index in [0.29, 0.717) is 12.2 Å². The van der Waals surface area contributed by atoms with Crippen molar-refractivity contribution in [2.75, 3.05) is 13.1 Å². The number of carbonyl (C=O) groups is 2. The number of aromatic nitrogens is 1. The van der Waals surface area contributed by atoms with Gasteiger partial charge in [-0.05, 0) is 17.9 Å². The minimum absolute atomic E-state index is 0.148. The molecule has 5 nitrogen and oxygen atoms in total. The second kappa shape index (κ2) is 7.33. The monoisotopic (exact) mass is 324 g/mol. The standard InChI is InChI=1S/C14H16N2O3S2/c1-2-5-16(8-13(18)19)12(17)7-10-9-21-14(15-10)11-4-3-6-20-11/h3-4,6,9H,2,5,7-8H2,1H3,(H,18,19). The third-order valence-corrected chi connectivity index (χ3v) is 4.72. The van der Waals surface area contributed by atoms with Crippen molar-refractivity contribution in [1.29, 1.82) is 0 Å². The Bertz CT molecular complexity index is 608. The zero-order chi connectivity index (χ0) is 15.2. The average Bonchev–Trinajstić information content (AvgIpc) is 3.07. The Morgan fingerprint density at radius 1 is 1.38 bits per heavy atom. The molecular weight excluding hydrogens is 308 g/mol. The third-order valence-electron chi connectivity index (χ3n) is 2.79. The Balaban J connectivity index is 2.02. The van der Waals surface area contributed by atoms with Gasteiger partial charge in [0, 0.05) is 11.9 Å². The molecule has 0 aliphatic heterocycles. The van der Waals surface area contributed by atoms with Crippen molar-refractivity contribution in [1.82, 2.24) is 9.88 Å². The summed E-state index contributed by atoms with van der Waals surface area (Å²) in [7, 11) is 0. The molecule has 2 heterocycles. The predicted octanol–water partition coefficient (Wildman–Crippen LogP) is 2.74. The lowest BCUT2D eigenvalue weighted by atomic mass is 10.3. The zero-order valence-electron chi connectivity index (χ0n) is 11.6. The summed E-state index contributed by atoms with van der Waals surface area (Å²) in [5.74, 6) is -1.18. The molecule has 0 aromatic carbocycles. The number of thiazole rings is 1. The van der Waals surface area contributed by atoms with Crippen LogP contribution in [-0.2, 0) is 16.0 Å². The van der Waals surface area contributed by atoms with Crippen LogP contribution in [0.1, 0.15) is 19.0 Å². The van der Waals surface area contributed by atoms with E-state index in [1.54, 1.807) is 11.3 Å². The molecular formula is C14H16N2O3S2. The van der Waals surface area contributed by atoms with Crippen LogP contribution in [0.4, 0.5) is 0 Å². The maximum atomic E-state index is 12.2. The predicted molar refractivity (Wildman–Crippen MR) is 83.6 cm³/mol.